The number of nitrogens with one attached hydrogen (secondary N) is 1. The molecule has 5 nitrogen and oxygen atoms in total. The van der Waals surface area contributed by atoms with Crippen LogP contribution in [-0.2, 0) is 4.79 Å². The van der Waals surface area contributed by atoms with Gasteiger partial charge in [-0.3, -0.25) is 4.79 Å². The summed E-state index contributed by atoms with van der Waals surface area (Å²) in [6.45, 7) is 0.583. The maximum atomic E-state index is 11.9. The van der Waals surface area contributed by atoms with Crippen LogP contribution in [0.25, 0.3) is 6.08 Å². The van der Waals surface area contributed by atoms with Gasteiger partial charge in [0.15, 0.2) is 0 Å². The molecule has 3 aromatic rings. The number of anilines is 1. The summed E-state index contributed by atoms with van der Waals surface area (Å²) in [4.78, 5) is 18.8. The van der Waals surface area contributed by atoms with Crippen LogP contribution in [0.1, 0.15) is 23.6 Å². The first-order chi connectivity index (χ1) is 14.7. The summed E-state index contributed by atoms with van der Waals surface area (Å²) in [7, 11) is 0. The van der Waals surface area contributed by atoms with E-state index in [9.17, 15) is 4.79 Å². The molecule has 150 valence electrons. The molecule has 0 fully saturated rings. The predicted molar refractivity (Wildman–Crippen MR) is 122 cm³/mol. The van der Waals surface area contributed by atoms with Crippen molar-refractivity contribution in [3.63, 3.8) is 0 Å². The molecule has 0 saturated heterocycles. The van der Waals surface area contributed by atoms with Crippen molar-refractivity contribution in [1.82, 2.24) is 4.90 Å². The Morgan fingerprint density at radius 3 is 2.37 bits per heavy atom. The Kier molecular flexibility index (Phi) is 5.90. The number of carbonyl (C=O) groups is 1. The number of aliphatic imine (C=N–C) groups is 1. The van der Waals surface area contributed by atoms with E-state index < -0.39 is 0 Å². The number of guanidine groups is 1. The third-order valence-corrected chi connectivity index (χ3v) is 5.01. The van der Waals surface area contributed by atoms with Crippen LogP contribution in [0.2, 0.25) is 0 Å². The van der Waals surface area contributed by atoms with E-state index in [0.29, 0.717) is 12.5 Å². The van der Waals surface area contributed by atoms with Gasteiger partial charge in [-0.05, 0) is 23.8 Å². The average Bonchev–Trinajstić information content (AvgIpc) is 2.76. The largest absolute Gasteiger partial charge is 0.370 e. The highest BCUT2D eigenvalue weighted by molar-refractivity contribution is 5.97. The van der Waals surface area contributed by atoms with E-state index in [1.807, 2.05) is 72.8 Å². The van der Waals surface area contributed by atoms with Gasteiger partial charge in [0, 0.05) is 17.8 Å². The van der Waals surface area contributed by atoms with Gasteiger partial charge in [0.1, 0.15) is 0 Å². The monoisotopic (exact) mass is 396 g/mol. The van der Waals surface area contributed by atoms with Gasteiger partial charge in [-0.1, -0.05) is 78.9 Å². The van der Waals surface area contributed by atoms with Gasteiger partial charge < -0.3 is 16.0 Å². The zero-order valence-corrected chi connectivity index (χ0v) is 16.6. The zero-order valence-electron chi connectivity index (χ0n) is 16.6. The van der Waals surface area contributed by atoms with Crippen molar-refractivity contribution in [3.05, 3.63) is 102 Å². The Balaban J connectivity index is 1.68. The quantitative estimate of drug-likeness (QED) is 0.633. The molecule has 3 aromatic carbocycles. The standard InChI is InChI=1S/C25H24N4O/c26-24(30)18-23-21-15-7-8-16-22(21)28-25(27-20-13-5-2-6-14-20)29(23)17-9-12-19-10-3-1-4-11-19/h1-16,23H,17-18H2,(H2,26,30)(H,27,28)/b12-9+. The molecule has 0 aromatic heterocycles. The van der Waals surface area contributed by atoms with Crippen molar-refractivity contribution in [2.75, 3.05) is 11.9 Å². The Bertz CT molecular complexity index is 1060. The summed E-state index contributed by atoms with van der Waals surface area (Å²) >= 11 is 0. The van der Waals surface area contributed by atoms with Crippen molar-refractivity contribution >= 4 is 29.3 Å². The summed E-state index contributed by atoms with van der Waals surface area (Å²) in [5, 5.41) is 3.41. The number of nitrogens with two attached hydrogens (primary N) is 1. The highest BCUT2D eigenvalue weighted by Gasteiger charge is 2.30. The first kappa shape index (κ1) is 19.5. The van der Waals surface area contributed by atoms with Gasteiger partial charge in [0.25, 0.3) is 0 Å². The molecular formula is C25H24N4O. The summed E-state index contributed by atoms with van der Waals surface area (Å²) < 4.78 is 0. The molecule has 0 aliphatic carbocycles. The number of para-hydroxylation sites is 2. The molecular weight excluding hydrogens is 372 g/mol. The van der Waals surface area contributed by atoms with Gasteiger partial charge >= 0.3 is 0 Å². The maximum absolute atomic E-state index is 11.9. The molecule has 1 atom stereocenters. The number of fused-ring (bicyclic) bond motifs is 1. The molecule has 3 N–H and O–H groups in total. The Morgan fingerprint density at radius 2 is 1.63 bits per heavy atom. The fraction of sp³-hybridized carbons (Fsp3) is 0.120. The van der Waals surface area contributed by atoms with Crippen LogP contribution >= 0.6 is 0 Å². The van der Waals surface area contributed by atoms with Gasteiger partial charge in [-0.2, -0.15) is 0 Å². The SMILES string of the molecule is NC(=O)CC1c2ccccc2N=C(Nc2ccccc2)N1C/C=C/c1ccccc1. The molecule has 5 heteroatoms. The first-order valence-corrected chi connectivity index (χ1v) is 9.97. The Hall–Kier alpha value is -3.86. The van der Waals surface area contributed by atoms with E-state index in [-0.39, 0.29) is 18.4 Å². The number of rotatable bonds is 6. The lowest BCUT2D eigenvalue weighted by Crippen LogP contribution is -2.42. The van der Waals surface area contributed by atoms with E-state index in [2.05, 4.69) is 34.5 Å². The number of carbonyl (C=O) groups excluding carboxylic acids is 1. The number of primary amides is 1. The topological polar surface area (TPSA) is 70.7 Å². The summed E-state index contributed by atoms with van der Waals surface area (Å²) in [5.74, 6) is 0.358. The lowest BCUT2D eigenvalue weighted by molar-refractivity contribution is -0.119. The molecule has 0 bridgehead atoms. The fourth-order valence-electron chi connectivity index (χ4n) is 3.61. The minimum Gasteiger partial charge on any atom is -0.370 e. The summed E-state index contributed by atoms with van der Waals surface area (Å²) in [6, 6.07) is 27.7. The van der Waals surface area contributed by atoms with Crippen molar-refractivity contribution in [3.8, 4) is 0 Å². The van der Waals surface area contributed by atoms with Crippen molar-refractivity contribution < 1.29 is 4.79 Å². The lowest BCUT2D eigenvalue weighted by Gasteiger charge is -2.37. The molecule has 0 saturated carbocycles. The summed E-state index contributed by atoms with van der Waals surface area (Å²) in [6.07, 6.45) is 4.37. The van der Waals surface area contributed by atoms with Crippen molar-refractivity contribution in [2.24, 2.45) is 10.7 Å². The molecule has 1 heterocycles. The smallest absolute Gasteiger partial charge is 0.219 e. The Labute approximate surface area is 176 Å². The van der Waals surface area contributed by atoms with Crippen LogP contribution in [-0.4, -0.2) is 23.3 Å². The molecule has 1 amide bonds. The second kappa shape index (κ2) is 9.09. The normalized spacial score (nSPS) is 15.5. The van der Waals surface area contributed by atoms with Crippen LogP contribution in [0.4, 0.5) is 11.4 Å². The fourth-order valence-corrected chi connectivity index (χ4v) is 3.61. The Morgan fingerprint density at radius 1 is 0.967 bits per heavy atom. The molecule has 1 unspecified atom stereocenters. The molecule has 1 aliphatic heterocycles. The van der Waals surface area contributed by atoms with E-state index in [1.165, 1.54) is 0 Å². The van der Waals surface area contributed by atoms with E-state index in [1.54, 1.807) is 0 Å². The lowest BCUT2D eigenvalue weighted by atomic mass is 9.98. The highest BCUT2D eigenvalue weighted by atomic mass is 16.1. The van der Waals surface area contributed by atoms with Gasteiger partial charge in [0.2, 0.25) is 11.9 Å². The number of hydrogen-bond donors (Lipinski definition) is 2. The molecule has 0 radical (unpaired) electrons. The molecule has 0 spiro atoms. The van der Waals surface area contributed by atoms with Crippen LogP contribution in [0.5, 0.6) is 0 Å². The van der Waals surface area contributed by atoms with Gasteiger partial charge in [0.05, 0.1) is 18.2 Å². The minimum atomic E-state index is -0.340. The predicted octanol–water partition coefficient (Wildman–Crippen LogP) is 4.73. The second-order valence-electron chi connectivity index (χ2n) is 7.14. The molecule has 1 aliphatic rings. The van der Waals surface area contributed by atoms with Gasteiger partial charge in [-0.25, -0.2) is 4.99 Å². The number of nitrogens with zero attached hydrogens (tertiary/aromatic N) is 2. The van der Waals surface area contributed by atoms with Gasteiger partial charge in [-0.15, -0.1) is 0 Å². The highest BCUT2D eigenvalue weighted by Crippen LogP contribution is 2.36. The van der Waals surface area contributed by atoms with E-state index in [4.69, 9.17) is 10.7 Å². The number of amides is 1. The number of hydrogen-bond acceptors (Lipinski definition) is 4. The minimum absolute atomic E-state index is 0.192. The average molecular weight is 396 g/mol. The second-order valence-corrected chi connectivity index (χ2v) is 7.14. The van der Waals surface area contributed by atoms with Crippen LogP contribution in [0.15, 0.2) is 96.0 Å². The third kappa shape index (κ3) is 4.58. The van der Waals surface area contributed by atoms with Crippen LogP contribution in [0.3, 0.4) is 0 Å². The molecule has 30 heavy (non-hydrogen) atoms. The summed E-state index contributed by atoms with van der Waals surface area (Å²) in [5.41, 5.74) is 9.53. The first-order valence-electron chi connectivity index (χ1n) is 9.97. The van der Waals surface area contributed by atoms with E-state index >= 15 is 0 Å². The molecule has 4 rings (SSSR count). The van der Waals surface area contributed by atoms with Crippen LogP contribution in [0, 0.1) is 0 Å². The zero-order chi connectivity index (χ0) is 20.8. The van der Waals surface area contributed by atoms with Crippen LogP contribution < -0.4 is 11.1 Å². The van der Waals surface area contributed by atoms with Crippen molar-refractivity contribution in [2.45, 2.75) is 12.5 Å². The van der Waals surface area contributed by atoms with E-state index in [0.717, 1.165) is 22.5 Å². The maximum Gasteiger partial charge on any atom is 0.219 e. The number of benzene rings is 3. The van der Waals surface area contributed by atoms with Crippen molar-refractivity contribution in [1.29, 1.82) is 0 Å². The third-order valence-electron chi connectivity index (χ3n) is 5.01.